The van der Waals surface area contributed by atoms with Gasteiger partial charge in [-0.05, 0) is 47.4 Å². The molecule has 35 heavy (non-hydrogen) atoms. The first-order valence-electron chi connectivity index (χ1n) is 12.4. The van der Waals surface area contributed by atoms with Crippen molar-refractivity contribution in [3.63, 3.8) is 0 Å². The summed E-state index contributed by atoms with van der Waals surface area (Å²) < 4.78 is 0. The van der Waals surface area contributed by atoms with Crippen LogP contribution >= 0.6 is 11.8 Å². The molecule has 2 N–H and O–H groups in total. The van der Waals surface area contributed by atoms with Crippen LogP contribution in [0.15, 0.2) is 60.7 Å². The summed E-state index contributed by atoms with van der Waals surface area (Å²) in [4.78, 5) is 27.2. The maximum absolute atomic E-state index is 12.3. The number of aliphatic hydroxyl groups is 1. The van der Waals surface area contributed by atoms with E-state index in [1.54, 1.807) is 11.8 Å². The van der Waals surface area contributed by atoms with Crippen molar-refractivity contribution in [3.05, 3.63) is 77.4 Å². The summed E-state index contributed by atoms with van der Waals surface area (Å²) in [7, 11) is 0. The Kier molecular flexibility index (Phi) is 8.88. The van der Waals surface area contributed by atoms with Gasteiger partial charge >= 0.3 is 5.97 Å². The first kappa shape index (κ1) is 25.3. The highest BCUT2D eigenvalue weighted by Crippen LogP contribution is 2.29. The van der Waals surface area contributed by atoms with E-state index in [2.05, 4.69) is 53.4 Å². The summed E-state index contributed by atoms with van der Waals surface area (Å²) in [6.45, 7) is 2.47. The SMILES string of the molecule is O=C(O)CCCSCCN1C(=O)CC[C@@H]1C=C[C@@H](O)Cc1cccc(N2Cc3ccccc3C2)c1. The van der Waals surface area contributed by atoms with Gasteiger partial charge in [-0.3, -0.25) is 9.59 Å². The van der Waals surface area contributed by atoms with E-state index in [-0.39, 0.29) is 18.4 Å². The summed E-state index contributed by atoms with van der Waals surface area (Å²) in [5.41, 5.74) is 5.00. The molecule has 2 aliphatic heterocycles. The Balaban J connectivity index is 1.26. The number of aliphatic hydroxyl groups excluding tert-OH is 1. The topological polar surface area (TPSA) is 81.1 Å². The van der Waals surface area contributed by atoms with Gasteiger partial charge in [-0.25, -0.2) is 0 Å². The van der Waals surface area contributed by atoms with Crippen LogP contribution in [0.2, 0.25) is 0 Å². The van der Waals surface area contributed by atoms with Crippen LogP contribution in [0.5, 0.6) is 0 Å². The number of carboxylic acid groups (broad SMARTS) is 1. The Hall–Kier alpha value is -2.77. The molecule has 1 amide bonds. The third-order valence-corrected chi connectivity index (χ3v) is 7.70. The molecule has 6 nitrogen and oxygen atoms in total. The number of hydrogen-bond donors (Lipinski definition) is 2. The van der Waals surface area contributed by atoms with Gasteiger partial charge in [0.15, 0.2) is 0 Å². The molecule has 1 fully saturated rings. The van der Waals surface area contributed by atoms with Gasteiger partial charge < -0.3 is 20.0 Å². The Morgan fingerprint density at radius 3 is 2.63 bits per heavy atom. The molecule has 0 aliphatic carbocycles. The van der Waals surface area contributed by atoms with E-state index in [4.69, 9.17) is 5.11 Å². The molecule has 0 unspecified atom stereocenters. The number of nitrogens with zero attached hydrogens (tertiary/aromatic N) is 2. The zero-order valence-corrected chi connectivity index (χ0v) is 20.8. The third-order valence-electron chi connectivity index (χ3n) is 6.65. The van der Waals surface area contributed by atoms with E-state index in [0.717, 1.165) is 36.6 Å². The average molecular weight is 495 g/mol. The van der Waals surface area contributed by atoms with Crippen molar-refractivity contribution < 1.29 is 19.8 Å². The van der Waals surface area contributed by atoms with E-state index in [9.17, 15) is 14.7 Å². The third kappa shape index (κ3) is 7.12. The molecule has 0 bridgehead atoms. The fourth-order valence-electron chi connectivity index (χ4n) is 4.80. The minimum Gasteiger partial charge on any atom is -0.481 e. The fourth-order valence-corrected chi connectivity index (χ4v) is 5.68. The fraction of sp³-hybridized carbons (Fsp3) is 0.429. The van der Waals surface area contributed by atoms with Crippen LogP contribution in [0.4, 0.5) is 5.69 Å². The lowest BCUT2D eigenvalue weighted by atomic mass is 10.1. The van der Waals surface area contributed by atoms with Crippen LogP contribution in [-0.2, 0) is 29.1 Å². The normalized spacial score (nSPS) is 18.4. The molecule has 7 heteroatoms. The maximum Gasteiger partial charge on any atom is 0.303 e. The van der Waals surface area contributed by atoms with Crippen molar-refractivity contribution in [1.29, 1.82) is 0 Å². The van der Waals surface area contributed by atoms with Gasteiger partial charge in [0.2, 0.25) is 5.91 Å². The number of aliphatic carboxylic acids is 1. The van der Waals surface area contributed by atoms with Crippen LogP contribution in [-0.4, -0.2) is 57.2 Å². The smallest absolute Gasteiger partial charge is 0.303 e. The Morgan fingerprint density at radius 2 is 1.89 bits per heavy atom. The van der Waals surface area contributed by atoms with Gasteiger partial charge in [-0.1, -0.05) is 48.6 Å². The van der Waals surface area contributed by atoms with E-state index in [1.807, 2.05) is 17.1 Å². The van der Waals surface area contributed by atoms with E-state index < -0.39 is 12.1 Å². The second kappa shape index (κ2) is 12.3. The molecule has 2 aliphatic rings. The standard InChI is InChI=1S/C28H34N2O4S/c31-26(12-10-24-11-13-27(32)30(24)14-16-35-15-4-9-28(33)34)18-21-5-3-8-25(17-21)29-19-22-6-1-2-7-23(22)20-29/h1-3,5-8,10,12,17,24,26,31H,4,9,11,13-16,18-20H2,(H,33,34)/t24-,26+/m0/s1. The van der Waals surface area contributed by atoms with E-state index in [1.165, 1.54) is 16.8 Å². The zero-order chi connectivity index (χ0) is 24.6. The van der Waals surface area contributed by atoms with E-state index in [0.29, 0.717) is 25.8 Å². The number of anilines is 1. The molecule has 2 aromatic rings. The van der Waals surface area contributed by atoms with Gasteiger partial charge in [0.05, 0.1) is 12.1 Å². The molecule has 186 valence electrons. The van der Waals surface area contributed by atoms with Gasteiger partial charge in [0.1, 0.15) is 0 Å². The summed E-state index contributed by atoms with van der Waals surface area (Å²) in [5.74, 6) is 0.971. The van der Waals surface area contributed by atoms with Crippen LogP contribution in [0, 0.1) is 0 Å². The van der Waals surface area contributed by atoms with Gasteiger partial charge in [0.25, 0.3) is 0 Å². The Bertz CT molecular complexity index is 1030. The lowest BCUT2D eigenvalue weighted by Crippen LogP contribution is -2.34. The minimum atomic E-state index is -0.766. The molecule has 0 radical (unpaired) electrons. The van der Waals surface area contributed by atoms with Crippen molar-refractivity contribution in [1.82, 2.24) is 4.90 Å². The molecular weight excluding hydrogens is 460 g/mol. The number of carbonyl (C=O) groups excluding carboxylic acids is 1. The number of benzene rings is 2. The predicted octanol–water partition coefficient (Wildman–Crippen LogP) is 4.26. The summed E-state index contributed by atoms with van der Waals surface area (Å²) in [5, 5.41) is 19.4. The highest BCUT2D eigenvalue weighted by molar-refractivity contribution is 7.99. The number of carbonyl (C=O) groups is 2. The van der Waals surface area contributed by atoms with Crippen LogP contribution in [0.1, 0.15) is 42.4 Å². The van der Waals surface area contributed by atoms with Crippen LogP contribution in [0.3, 0.4) is 0 Å². The maximum atomic E-state index is 12.3. The molecule has 2 aromatic carbocycles. The molecule has 1 saturated heterocycles. The molecule has 0 spiro atoms. The van der Waals surface area contributed by atoms with Crippen LogP contribution in [0.25, 0.3) is 0 Å². The summed E-state index contributed by atoms with van der Waals surface area (Å²) >= 11 is 1.69. The quantitative estimate of drug-likeness (QED) is 0.339. The van der Waals surface area contributed by atoms with Crippen molar-refractivity contribution >= 4 is 29.3 Å². The molecular formula is C28H34N2O4S. The van der Waals surface area contributed by atoms with Gasteiger partial charge in [-0.15, -0.1) is 0 Å². The predicted molar refractivity (Wildman–Crippen MR) is 141 cm³/mol. The number of amides is 1. The van der Waals surface area contributed by atoms with Crippen LogP contribution < -0.4 is 4.90 Å². The highest BCUT2D eigenvalue weighted by atomic mass is 32.2. The van der Waals surface area contributed by atoms with Crippen molar-refractivity contribution in [2.45, 2.75) is 57.3 Å². The Labute approximate surface area is 211 Å². The van der Waals surface area contributed by atoms with Crippen molar-refractivity contribution in [2.24, 2.45) is 0 Å². The van der Waals surface area contributed by atoms with Gasteiger partial charge in [0, 0.05) is 50.3 Å². The number of hydrogen-bond acceptors (Lipinski definition) is 5. The first-order valence-corrected chi connectivity index (χ1v) is 13.5. The number of likely N-dealkylation sites (tertiary alicyclic amines) is 1. The average Bonchev–Trinajstić information content (AvgIpc) is 3.43. The monoisotopic (exact) mass is 494 g/mol. The second-order valence-corrected chi connectivity index (χ2v) is 10.5. The molecule has 0 aromatic heterocycles. The number of fused-ring (bicyclic) bond motifs is 1. The van der Waals surface area contributed by atoms with Gasteiger partial charge in [-0.2, -0.15) is 11.8 Å². The summed E-state index contributed by atoms with van der Waals surface area (Å²) in [6.07, 6.45) is 5.88. The highest BCUT2D eigenvalue weighted by Gasteiger charge is 2.28. The zero-order valence-electron chi connectivity index (χ0n) is 20.0. The molecule has 0 saturated carbocycles. The largest absolute Gasteiger partial charge is 0.481 e. The number of carboxylic acids is 1. The lowest BCUT2D eigenvalue weighted by Gasteiger charge is -2.22. The molecule has 2 atom stereocenters. The summed E-state index contributed by atoms with van der Waals surface area (Å²) in [6, 6.07) is 16.9. The lowest BCUT2D eigenvalue weighted by molar-refractivity contribution is -0.137. The molecule has 2 heterocycles. The van der Waals surface area contributed by atoms with Crippen molar-refractivity contribution in [3.8, 4) is 0 Å². The Morgan fingerprint density at radius 1 is 1.11 bits per heavy atom. The second-order valence-electron chi connectivity index (χ2n) is 9.25. The number of rotatable bonds is 12. The minimum absolute atomic E-state index is 0.0196. The number of thioether (sulfide) groups is 1. The first-order chi connectivity index (χ1) is 17.0. The van der Waals surface area contributed by atoms with Crippen molar-refractivity contribution in [2.75, 3.05) is 23.0 Å². The van der Waals surface area contributed by atoms with E-state index >= 15 is 0 Å². The molecule has 4 rings (SSSR count).